The standard InChI is InChI=1S/C51H54F3NSi3/c1-56(2,3)49-34-40(22-31-46(49)52)13-10-37-16-25-43(26-17-37)55(44-27-18-38(19-28-44)11-14-41-23-32-47(53)50(35-41)57(4,5)6)45-29-20-39(21-30-45)12-15-42-24-33-48(54)51(36-42)58(7,8)9/h10-36H,1-9H3. The lowest BCUT2D eigenvalue weighted by molar-refractivity contribution is 0.634. The van der Waals surface area contributed by atoms with E-state index in [2.05, 4.69) is 155 Å². The van der Waals surface area contributed by atoms with Crippen LogP contribution in [0, 0.1) is 17.5 Å². The fraction of sp³-hybridized carbons (Fsp3) is 0.176. The van der Waals surface area contributed by atoms with Crippen LogP contribution >= 0.6 is 0 Å². The topological polar surface area (TPSA) is 3.24 Å². The van der Waals surface area contributed by atoms with E-state index in [0.29, 0.717) is 0 Å². The molecule has 0 spiro atoms. The molecular formula is C51H54F3NSi3. The SMILES string of the molecule is C[Si](C)(C)c1cc(C=Cc2ccc(N(c3ccc(C=Cc4ccc(F)c([Si](C)(C)C)c4)cc3)c3ccc(C=Cc4ccc(F)c([Si](C)(C)C)c4)cc3)cc2)ccc1F. The predicted molar refractivity (Wildman–Crippen MR) is 256 cm³/mol. The van der Waals surface area contributed by atoms with Crippen LogP contribution < -0.4 is 20.5 Å². The fourth-order valence-electron chi connectivity index (χ4n) is 6.89. The van der Waals surface area contributed by atoms with E-state index in [1.165, 1.54) is 0 Å². The van der Waals surface area contributed by atoms with Gasteiger partial charge < -0.3 is 4.90 Å². The van der Waals surface area contributed by atoms with Crippen LogP contribution in [-0.2, 0) is 0 Å². The van der Waals surface area contributed by atoms with Gasteiger partial charge in [0.1, 0.15) is 17.5 Å². The smallest absolute Gasteiger partial charge is 0.122 e. The Bertz CT molecular complexity index is 2190. The second-order valence-electron chi connectivity index (χ2n) is 18.1. The lowest BCUT2D eigenvalue weighted by atomic mass is 10.1. The Morgan fingerprint density at radius 1 is 0.310 bits per heavy atom. The van der Waals surface area contributed by atoms with Crippen molar-refractivity contribution in [1.82, 2.24) is 0 Å². The summed E-state index contributed by atoms with van der Waals surface area (Å²) in [6.07, 6.45) is 12.3. The van der Waals surface area contributed by atoms with E-state index in [0.717, 1.165) is 66.0 Å². The van der Waals surface area contributed by atoms with Gasteiger partial charge in [-0.15, -0.1) is 0 Å². The van der Waals surface area contributed by atoms with Gasteiger partial charge in [-0.1, -0.05) is 168 Å². The molecule has 296 valence electrons. The molecule has 0 bridgehead atoms. The van der Waals surface area contributed by atoms with Crippen molar-refractivity contribution in [2.24, 2.45) is 0 Å². The van der Waals surface area contributed by atoms with Crippen molar-refractivity contribution in [2.75, 3.05) is 4.90 Å². The maximum atomic E-state index is 14.6. The molecule has 0 aliphatic heterocycles. The van der Waals surface area contributed by atoms with E-state index in [4.69, 9.17) is 0 Å². The average molecular weight is 822 g/mol. The first-order valence-electron chi connectivity index (χ1n) is 19.9. The minimum Gasteiger partial charge on any atom is -0.311 e. The summed E-state index contributed by atoms with van der Waals surface area (Å²) in [6.45, 7) is 19.4. The highest BCUT2D eigenvalue weighted by molar-refractivity contribution is 6.89. The Labute approximate surface area is 347 Å². The lowest BCUT2D eigenvalue weighted by Gasteiger charge is -2.26. The van der Waals surface area contributed by atoms with E-state index in [1.807, 2.05) is 54.6 Å². The maximum Gasteiger partial charge on any atom is 0.122 e. The van der Waals surface area contributed by atoms with Crippen LogP contribution in [0.4, 0.5) is 30.2 Å². The van der Waals surface area contributed by atoms with Gasteiger partial charge in [-0.05, 0) is 104 Å². The van der Waals surface area contributed by atoms with E-state index < -0.39 is 24.2 Å². The van der Waals surface area contributed by atoms with Crippen LogP contribution in [-0.4, -0.2) is 24.2 Å². The molecule has 6 aromatic carbocycles. The van der Waals surface area contributed by atoms with Crippen molar-refractivity contribution in [3.05, 3.63) is 178 Å². The van der Waals surface area contributed by atoms with E-state index in [1.54, 1.807) is 18.2 Å². The van der Waals surface area contributed by atoms with Crippen molar-refractivity contribution in [3.8, 4) is 0 Å². The first-order chi connectivity index (χ1) is 27.3. The summed E-state index contributed by atoms with van der Waals surface area (Å²) >= 11 is 0. The first kappa shape index (κ1) is 42.4. The summed E-state index contributed by atoms with van der Waals surface area (Å²) in [5.74, 6) is -0.370. The zero-order chi connectivity index (χ0) is 41.8. The third kappa shape index (κ3) is 10.6. The Hall–Kier alpha value is -5.22. The van der Waals surface area contributed by atoms with Crippen molar-refractivity contribution in [3.63, 3.8) is 0 Å². The zero-order valence-corrected chi connectivity index (χ0v) is 38.2. The number of hydrogen-bond acceptors (Lipinski definition) is 1. The summed E-state index contributed by atoms with van der Waals surface area (Å²) in [5.41, 5.74) is 9.09. The Morgan fingerprint density at radius 3 is 0.741 bits per heavy atom. The van der Waals surface area contributed by atoms with Gasteiger partial charge in [-0.2, -0.15) is 0 Å². The molecule has 0 saturated heterocycles. The molecule has 0 aromatic heterocycles. The molecule has 0 atom stereocenters. The Morgan fingerprint density at radius 2 is 0.517 bits per heavy atom. The van der Waals surface area contributed by atoms with E-state index in [9.17, 15) is 13.2 Å². The predicted octanol–water partition coefficient (Wildman–Crippen LogP) is 13.7. The highest BCUT2D eigenvalue weighted by Crippen LogP contribution is 2.35. The highest BCUT2D eigenvalue weighted by Gasteiger charge is 2.23. The third-order valence-electron chi connectivity index (χ3n) is 10.3. The monoisotopic (exact) mass is 821 g/mol. The molecule has 0 radical (unpaired) electrons. The number of nitrogens with zero attached hydrogens (tertiary/aromatic N) is 1. The van der Waals surface area contributed by atoms with Gasteiger partial charge >= 0.3 is 0 Å². The van der Waals surface area contributed by atoms with Crippen LogP contribution in [0.25, 0.3) is 36.5 Å². The normalized spacial score (nSPS) is 12.6. The second kappa shape index (κ2) is 17.3. The summed E-state index contributed by atoms with van der Waals surface area (Å²) < 4.78 is 43.8. The molecule has 0 N–H and O–H groups in total. The van der Waals surface area contributed by atoms with Gasteiger partial charge in [0.2, 0.25) is 0 Å². The first-order valence-corrected chi connectivity index (χ1v) is 30.4. The number of anilines is 3. The molecule has 0 aliphatic rings. The quantitative estimate of drug-likeness (QED) is 0.0878. The van der Waals surface area contributed by atoms with E-state index >= 15 is 0 Å². The lowest BCUT2D eigenvalue weighted by Crippen LogP contribution is -2.40. The summed E-state index contributed by atoms with van der Waals surface area (Å²) in [5, 5.41) is 2.51. The molecule has 0 aliphatic carbocycles. The minimum absolute atomic E-state index is 0.123. The van der Waals surface area contributed by atoms with Crippen LogP contribution in [0.1, 0.15) is 33.4 Å². The van der Waals surface area contributed by atoms with Crippen LogP contribution in [0.3, 0.4) is 0 Å². The van der Waals surface area contributed by atoms with Crippen LogP contribution in [0.15, 0.2) is 127 Å². The molecule has 58 heavy (non-hydrogen) atoms. The van der Waals surface area contributed by atoms with Crippen LogP contribution in [0.5, 0.6) is 0 Å². The molecule has 0 amide bonds. The molecule has 1 nitrogen and oxygen atoms in total. The summed E-state index contributed by atoms with van der Waals surface area (Å²) in [7, 11) is -5.45. The molecule has 7 heteroatoms. The maximum absolute atomic E-state index is 14.6. The molecule has 6 aromatic rings. The van der Waals surface area contributed by atoms with Gasteiger partial charge in [-0.3, -0.25) is 0 Å². The summed E-state index contributed by atoms with van der Waals surface area (Å²) in [6, 6.07) is 41.5. The molecule has 6 rings (SSSR count). The zero-order valence-electron chi connectivity index (χ0n) is 35.2. The number of rotatable bonds is 12. The number of benzene rings is 6. The third-order valence-corrected chi connectivity index (χ3v) is 16.3. The Kier molecular flexibility index (Phi) is 12.7. The van der Waals surface area contributed by atoms with Gasteiger partial charge in [0.25, 0.3) is 0 Å². The second-order valence-corrected chi connectivity index (χ2v) is 33.2. The molecule has 0 heterocycles. The molecule has 0 saturated carbocycles. The van der Waals surface area contributed by atoms with Crippen molar-refractivity contribution in [2.45, 2.75) is 58.9 Å². The van der Waals surface area contributed by atoms with Crippen molar-refractivity contribution < 1.29 is 13.2 Å². The minimum atomic E-state index is -1.82. The van der Waals surface area contributed by atoms with E-state index in [-0.39, 0.29) is 17.5 Å². The van der Waals surface area contributed by atoms with Crippen molar-refractivity contribution >= 4 is 93.3 Å². The van der Waals surface area contributed by atoms with Gasteiger partial charge in [0.15, 0.2) is 0 Å². The molecular weight excluding hydrogens is 768 g/mol. The Balaban J connectivity index is 1.29. The molecule has 0 fully saturated rings. The number of halogens is 3. The number of hydrogen-bond donors (Lipinski definition) is 0. The van der Waals surface area contributed by atoms with Gasteiger partial charge in [0, 0.05) is 17.1 Å². The van der Waals surface area contributed by atoms with Crippen LogP contribution in [0.2, 0.25) is 58.9 Å². The largest absolute Gasteiger partial charge is 0.311 e. The average Bonchev–Trinajstić information content (AvgIpc) is 3.17. The van der Waals surface area contributed by atoms with Crippen molar-refractivity contribution in [1.29, 1.82) is 0 Å². The van der Waals surface area contributed by atoms with Gasteiger partial charge in [-0.25, -0.2) is 13.2 Å². The summed E-state index contributed by atoms with van der Waals surface area (Å²) in [4.78, 5) is 2.23. The fourth-order valence-corrected chi connectivity index (χ4v) is 11.1. The molecule has 0 unspecified atom stereocenters. The highest BCUT2D eigenvalue weighted by atomic mass is 28.3. The van der Waals surface area contributed by atoms with Gasteiger partial charge in [0.05, 0.1) is 24.2 Å².